The van der Waals surface area contributed by atoms with Crippen LogP contribution in [0, 0.1) is 5.82 Å². The fourth-order valence-corrected chi connectivity index (χ4v) is 3.44. The van der Waals surface area contributed by atoms with E-state index < -0.39 is 0 Å². The molecule has 0 saturated carbocycles. The van der Waals surface area contributed by atoms with Gasteiger partial charge in [0.2, 0.25) is 6.79 Å². The number of carbonyl (C=O) groups is 1. The van der Waals surface area contributed by atoms with Gasteiger partial charge >= 0.3 is 0 Å². The Balaban J connectivity index is 1.57. The van der Waals surface area contributed by atoms with Crippen LogP contribution >= 0.6 is 0 Å². The van der Waals surface area contributed by atoms with Crippen molar-refractivity contribution in [1.29, 1.82) is 0 Å². The summed E-state index contributed by atoms with van der Waals surface area (Å²) in [4.78, 5) is 19.4. The molecular formula is C24H17FN2O4. The molecular weight excluding hydrogens is 399 g/mol. The molecule has 5 rings (SSSR count). The number of methoxy groups -OCH3 is 1. The fraction of sp³-hybridized carbons (Fsp3) is 0.0833. The average molecular weight is 416 g/mol. The molecule has 0 aliphatic carbocycles. The number of amidine groups is 1. The first-order chi connectivity index (χ1) is 15.1. The number of rotatable bonds is 4. The Hall–Kier alpha value is -4.13. The van der Waals surface area contributed by atoms with Gasteiger partial charge in [-0.15, -0.1) is 0 Å². The third-order valence-corrected chi connectivity index (χ3v) is 4.99. The van der Waals surface area contributed by atoms with Crippen LogP contribution in [0.15, 0.2) is 77.4 Å². The minimum absolute atomic E-state index is 0.173. The number of anilines is 1. The van der Waals surface area contributed by atoms with E-state index >= 15 is 0 Å². The number of hydrogen-bond donors (Lipinski definition) is 0. The number of fused-ring (bicyclic) bond motifs is 1. The zero-order chi connectivity index (χ0) is 21.4. The van der Waals surface area contributed by atoms with Crippen LogP contribution in [0.1, 0.15) is 11.1 Å². The molecule has 2 aliphatic rings. The quantitative estimate of drug-likeness (QED) is 0.592. The third-order valence-electron chi connectivity index (χ3n) is 4.99. The predicted octanol–water partition coefficient (Wildman–Crippen LogP) is 4.40. The lowest BCUT2D eigenvalue weighted by atomic mass is 10.1. The Kier molecular flexibility index (Phi) is 4.63. The Bertz CT molecular complexity index is 1220. The monoisotopic (exact) mass is 416 g/mol. The molecule has 0 saturated heterocycles. The van der Waals surface area contributed by atoms with Gasteiger partial charge in [0.05, 0.1) is 12.8 Å². The van der Waals surface area contributed by atoms with Crippen LogP contribution in [0.4, 0.5) is 10.1 Å². The molecule has 31 heavy (non-hydrogen) atoms. The van der Waals surface area contributed by atoms with Crippen molar-refractivity contribution in [3.05, 3.63) is 89.4 Å². The highest BCUT2D eigenvalue weighted by Crippen LogP contribution is 2.34. The van der Waals surface area contributed by atoms with Crippen molar-refractivity contribution >= 4 is 23.5 Å². The number of halogens is 1. The minimum Gasteiger partial charge on any atom is -0.497 e. The number of carbonyl (C=O) groups excluding carboxylic acids is 1. The van der Waals surface area contributed by atoms with E-state index in [1.54, 1.807) is 61.7 Å². The first-order valence-electron chi connectivity index (χ1n) is 9.57. The maximum Gasteiger partial charge on any atom is 0.282 e. The maximum atomic E-state index is 13.5. The fourth-order valence-electron chi connectivity index (χ4n) is 3.44. The second-order valence-electron chi connectivity index (χ2n) is 6.92. The summed E-state index contributed by atoms with van der Waals surface area (Å²) in [5, 5.41) is 0. The Morgan fingerprint density at radius 2 is 1.74 bits per heavy atom. The predicted molar refractivity (Wildman–Crippen MR) is 114 cm³/mol. The van der Waals surface area contributed by atoms with E-state index in [4.69, 9.17) is 14.2 Å². The molecule has 2 aliphatic heterocycles. The topological polar surface area (TPSA) is 60.4 Å². The highest BCUT2D eigenvalue weighted by molar-refractivity contribution is 6.33. The van der Waals surface area contributed by atoms with Crippen molar-refractivity contribution in [3.63, 3.8) is 0 Å². The Labute approximate surface area is 177 Å². The summed E-state index contributed by atoms with van der Waals surface area (Å²) in [5.74, 6) is 1.72. The van der Waals surface area contributed by atoms with Gasteiger partial charge in [0.15, 0.2) is 11.5 Å². The van der Waals surface area contributed by atoms with Gasteiger partial charge in [-0.3, -0.25) is 9.69 Å². The highest BCUT2D eigenvalue weighted by Gasteiger charge is 2.32. The smallest absolute Gasteiger partial charge is 0.282 e. The van der Waals surface area contributed by atoms with Crippen LogP contribution in [0.2, 0.25) is 0 Å². The van der Waals surface area contributed by atoms with E-state index in [1.165, 1.54) is 17.0 Å². The molecule has 2 heterocycles. The standard InChI is InChI=1S/C24H17FN2O4/c1-29-19-9-7-18(8-10-19)27-23(16-3-5-17(25)6-4-16)26-20(24(27)28)12-15-2-11-21-22(13-15)31-14-30-21/h2-13H,14H2,1H3/b20-12+. The Morgan fingerprint density at radius 1 is 1.00 bits per heavy atom. The van der Waals surface area contributed by atoms with Crippen LogP contribution in [0.5, 0.6) is 17.2 Å². The molecule has 0 fully saturated rings. The lowest BCUT2D eigenvalue weighted by molar-refractivity contribution is -0.113. The first kappa shape index (κ1) is 18.9. The van der Waals surface area contributed by atoms with E-state index in [9.17, 15) is 9.18 Å². The zero-order valence-corrected chi connectivity index (χ0v) is 16.5. The second kappa shape index (κ2) is 7.60. The van der Waals surface area contributed by atoms with Crippen molar-refractivity contribution in [2.24, 2.45) is 4.99 Å². The second-order valence-corrected chi connectivity index (χ2v) is 6.92. The molecule has 1 amide bonds. The average Bonchev–Trinajstić information content (AvgIpc) is 3.39. The van der Waals surface area contributed by atoms with Gasteiger partial charge in [0, 0.05) is 5.56 Å². The molecule has 0 bridgehead atoms. The third kappa shape index (κ3) is 3.50. The normalized spacial score (nSPS) is 16.1. The summed E-state index contributed by atoms with van der Waals surface area (Å²) in [6, 6.07) is 18.4. The summed E-state index contributed by atoms with van der Waals surface area (Å²) >= 11 is 0. The summed E-state index contributed by atoms with van der Waals surface area (Å²) in [5.41, 5.74) is 2.27. The summed E-state index contributed by atoms with van der Waals surface area (Å²) < 4.78 is 29.4. The molecule has 3 aromatic rings. The molecule has 0 aromatic heterocycles. The zero-order valence-electron chi connectivity index (χ0n) is 16.5. The number of ether oxygens (including phenoxy) is 3. The molecule has 0 radical (unpaired) electrons. The van der Waals surface area contributed by atoms with Crippen LogP contribution in [0.3, 0.4) is 0 Å². The molecule has 0 atom stereocenters. The van der Waals surface area contributed by atoms with Crippen molar-refractivity contribution in [3.8, 4) is 17.2 Å². The number of benzene rings is 3. The first-order valence-corrected chi connectivity index (χ1v) is 9.57. The van der Waals surface area contributed by atoms with Crippen molar-refractivity contribution in [1.82, 2.24) is 0 Å². The lowest BCUT2D eigenvalue weighted by Gasteiger charge is -2.19. The number of hydrogen-bond acceptors (Lipinski definition) is 5. The number of amides is 1. The van der Waals surface area contributed by atoms with Gasteiger partial charge in [0.1, 0.15) is 23.1 Å². The molecule has 154 valence electrons. The summed E-state index contributed by atoms with van der Waals surface area (Å²) in [6.07, 6.45) is 1.69. The maximum absolute atomic E-state index is 13.5. The van der Waals surface area contributed by atoms with Crippen LogP contribution in [0.25, 0.3) is 6.08 Å². The van der Waals surface area contributed by atoms with E-state index in [1.807, 2.05) is 6.07 Å². The van der Waals surface area contributed by atoms with Crippen LogP contribution in [-0.4, -0.2) is 25.6 Å². The molecule has 0 N–H and O–H groups in total. The summed E-state index contributed by atoms with van der Waals surface area (Å²) in [7, 11) is 1.58. The van der Waals surface area contributed by atoms with Crippen molar-refractivity contribution < 1.29 is 23.4 Å². The van der Waals surface area contributed by atoms with Gasteiger partial charge < -0.3 is 14.2 Å². The van der Waals surface area contributed by atoms with E-state index in [2.05, 4.69) is 4.99 Å². The van der Waals surface area contributed by atoms with Gasteiger partial charge in [-0.1, -0.05) is 6.07 Å². The van der Waals surface area contributed by atoms with Crippen LogP contribution < -0.4 is 19.1 Å². The van der Waals surface area contributed by atoms with Gasteiger partial charge in [0.25, 0.3) is 5.91 Å². The highest BCUT2D eigenvalue weighted by atomic mass is 19.1. The number of aliphatic imine (C=N–C) groups is 1. The van der Waals surface area contributed by atoms with Gasteiger partial charge in [-0.25, -0.2) is 9.38 Å². The summed E-state index contributed by atoms with van der Waals surface area (Å²) in [6.45, 7) is 0.173. The van der Waals surface area contributed by atoms with E-state index in [0.29, 0.717) is 34.3 Å². The lowest BCUT2D eigenvalue weighted by Crippen LogP contribution is -2.32. The Morgan fingerprint density at radius 3 is 2.48 bits per heavy atom. The largest absolute Gasteiger partial charge is 0.497 e. The van der Waals surface area contributed by atoms with Gasteiger partial charge in [-0.05, 0) is 72.3 Å². The molecule has 0 spiro atoms. The molecule has 0 unspecified atom stereocenters. The van der Waals surface area contributed by atoms with Crippen molar-refractivity contribution in [2.75, 3.05) is 18.8 Å². The van der Waals surface area contributed by atoms with Crippen LogP contribution in [-0.2, 0) is 4.79 Å². The SMILES string of the molecule is COc1ccc(N2C(=O)/C(=C\c3ccc4c(c3)OCO4)N=C2c2ccc(F)cc2)cc1. The molecule has 6 nitrogen and oxygen atoms in total. The molecule has 7 heteroatoms. The van der Waals surface area contributed by atoms with E-state index in [-0.39, 0.29) is 24.2 Å². The molecule has 3 aromatic carbocycles. The van der Waals surface area contributed by atoms with Crippen molar-refractivity contribution in [2.45, 2.75) is 0 Å². The minimum atomic E-state index is -0.360. The van der Waals surface area contributed by atoms with Gasteiger partial charge in [-0.2, -0.15) is 0 Å². The van der Waals surface area contributed by atoms with E-state index in [0.717, 1.165) is 5.56 Å². The number of nitrogens with zero attached hydrogens (tertiary/aromatic N) is 2.